The second-order valence-corrected chi connectivity index (χ2v) is 7.06. The summed E-state index contributed by atoms with van der Waals surface area (Å²) >= 11 is 3.50. The van der Waals surface area contributed by atoms with Gasteiger partial charge in [-0.3, -0.25) is 0 Å². The Labute approximate surface area is 144 Å². The molecule has 120 valence electrons. The summed E-state index contributed by atoms with van der Waals surface area (Å²) in [5, 5.41) is 10.9. The number of hydrogen-bond acceptors (Lipinski definition) is 3. The number of rotatable bonds is 3. The number of aryl methyl sites for hydroxylation is 1. The average Bonchev–Trinajstić information content (AvgIpc) is 3.05. The van der Waals surface area contributed by atoms with E-state index in [9.17, 15) is 5.11 Å². The van der Waals surface area contributed by atoms with E-state index in [2.05, 4.69) is 35.0 Å². The summed E-state index contributed by atoms with van der Waals surface area (Å²) in [7, 11) is 0. The summed E-state index contributed by atoms with van der Waals surface area (Å²) in [4.78, 5) is 0. The topological polar surface area (TPSA) is 38.7 Å². The van der Waals surface area contributed by atoms with Crippen LogP contribution in [0.1, 0.15) is 40.8 Å². The van der Waals surface area contributed by atoms with Gasteiger partial charge in [-0.2, -0.15) is 0 Å². The lowest BCUT2D eigenvalue weighted by Gasteiger charge is -2.39. The van der Waals surface area contributed by atoms with Crippen LogP contribution >= 0.6 is 15.9 Å². The van der Waals surface area contributed by atoms with Crippen LogP contribution in [0.3, 0.4) is 0 Å². The van der Waals surface area contributed by atoms with Gasteiger partial charge in [0, 0.05) is 16.5 Å². The Morgan fingerprint density at radius 2 is 1.96 bits per heavy atom. The Bertz CT molecular complexity index is 750. The number of fused-ring (bicyclic) bond motifs is 2. The Kier molecular flexibility index (Phi) is 3.81. The van der Waals surface area contributed by atoms with Gasteiger partial charge in [0.1, 0.15) is 6.10 Å². The van der Waals surface area contributed by atoms with E-state index in [0.717, 1.165) is 39.6 Å². The summed E-state index contributed by atoms with van der Waals surface area (Å²) < 4.78 is 12.6. The molecule has 1 fully saturated rings. The summed E-state index contributed by atoms with van der Waals surface area (Å²) in [6.07, 6.45) is 1.04. The second kappa shape index (κ2) is 5.71. The molecule has 0 radical (unpaired) electrons. The fourth-order valence-electron chi connectivity index (χ4n) is 3.55. The first kappa shape index (κ1) is 15.3. The highest BCUT2D eigenvalue weighted by Crippen LogP contribution is 2.46. The molecule has 1 heterocycles. The van der Waals surface area contributed by atoms with Crippen molar-refractivity contribution in [2.24, 2.45) is 0 Å². The first-order valence-electron chi connectivity index (χ1n) is 8.00. The van der Waals surface area contributed by atoms with Crippen molar-refractivity contribution in [1.82, 2.24) is 0 Å². The summed E-state index contributed by atoms with van der Waals surface area (Å²) in [5.41, 5.74) is 5.30. The summed E-state index contributed by atoms with van der Waals surface area (Å²) in [6.45, 7) is 3.38. The van der Waals surface area contributed by atoms with Gasteiger partial charge in [-0.05, 0) is 46.9 Å². The van der Waals surface area contributed by atoms with E-state index in [-0.39, 0.29) is 0 Å². The number of hydrogen-bond donors (Lipinski definition) is 1. The van der Waals surface area contributed by atoms with Gasteiger partial charge in [-0.1, -0.05) is 41.1 Å². The third kappa shape index (κ3) is 2.45. The van der Waals surface area contributed by atoms with E-state index < -0.39 is 11.9 Å². The number of aliphatic hydroxyl groups is 1. The molecule has 3 nitrogen and oxygen atoms in total. The van der Waals surface area contributed by atoms with E-state index in [1.807, 2.05) is 24.3 Å². The highest BCUT2D eigenvalue weighted by Gasteiger charge is 2.48. The first-order chi connectivity index (χ1) is 11.1. The molecule has 0 aromatic heterocycles. The normalized spacial score (nSPS) is 19.4. The van der Waals surface area contributed by atoms with E-state index in [1.165, 1.54) is 5.56 Å². The van der Waals surface area contributed by atoms with Crippen LogP contribution in [-0.2, 0) is 28.1 Å². The van der Waals surface area contributed by atoms with Crippen LogP contribution in [0.4, 0.5) is 0 Å². The van der Waals surface area contributed by atoms with E-state index in [4.69, 9.17) is 9.47 Å². The van der Waals surface area contributed by atoms with E-state index in [1.54, 1.807) is 0 Å². The van der Waals surface area contributed by atoms with Crippen LogP contribution < -0.4 is 0 Å². The fraction of sp³-hybridized carbons (Fsp3) is 0.368. The zero-order valence-corrected chi connectivity index (χ0v) is 14.6. The molecule has 1 N–H and O–H groups in total. The minimum Gasteiger partial charge on any atom is -0.384 e. The van der Waals surface area contributed by atoms with Gasteiger partial charge in [0.15, 0.2) is 5.79 Å². The molecule has 2 aliphatic rings. The quantitative estimate of drug-likeness (QED) is 0.886. The largest absolute Gasteiger partial charge is 0.384 e. The van der Waals surface area contributed by atoms with Crippen molar-refractivity contribution in [3.63, 3.8) is 0 Å². The molecule has 1 saturated heterocycles. The Morgan fingerprint density at radius 3 is 2.70 bits per heavy atom. The zero-order valence-electron chi connectivity index (χ0n) is 13.0. The zero-order chi connectivity index (χ0) is 16.0. The first-order valence-corrected chi connectivity index (χ1v) is 8.80. The molecule has 0 bridgehead atoms. The number of ether oxygens (including phenoxy) is 2. The summed E-state index contributed by atoms with van der Waals surface area (Å²) in [5.74, 6) is -0.560. The number of halogens is 1. The Hall–Kier alpha value is -1.20. The number of benzene rings is 2. The van der Waals surface area contributed by atoms with Gasteiger partial charge < -0.3 is 14.6 Å². The third-order valence-electron chi connectivity index (χ3n) is 4.82. The molecule has 1 spiro atoms. The standard InChI is InChI=1S/C19H19BrO3/c1-2-12-5-6-15(20)10-16(12)18(21)13-3-4-14-11-19(17(14)9-13)22-7-8-23-19/h3-6,9-10,18,21H,2,7-8,11H2,1H3. The lowest BCUT2D eigenvalue weighted by atomic mass is 9.79. The van der Waals surface area contributed by atoms with Crippen LogP contribution in [0.15, 0.2) is 40.9 Å². The van der Waals surface area contributed by atoms with Gasteiger partial charge >= 0.3 is 0 Å². The molecule has 0 amide bonds. The van der Waals surface area contributed by atoms with Crippen molar-refractivity contribution in [2.45, 2.75) is 31.7 Å². The van der Waals surface area contributed by atoms with Crippen molar-refractivity contribution in [3.8, 4) is 0 Å². The molecule has 1 unspecified atom stereocenters. The molecule has 4 rings (SSSR count). The molecule has 2 aromatic carbocycles. The third-order valence-corrected chi connectivity index (χ3v) is 5.31. The maximum atomic E-state index is 10.9. The molecule has 2 aromatic rings. The van der Waals surface area contributed by atoms with Crippen LogP contribution in [0, 0.1) is 0 Å². The van der Waals surface area contributed by atoms with Crippen molar-refractivity contribution in [1.29, 1.82) is 0 Å². The molecule has 1 aliphatic carbocycles. The maximum absolute atomic E-state index is 10.9. The molecule has 0 saturated carbocycles. The molecule has 1 atom stereocenters. The van der Waals surface area contributed by atoms with Crippen molar-refractivity contribution >= 4 is 15.9 Å². The van der Waals surface area contributed by atoms with Crippen molar-refractivity contribution in [3.05, 3.63) is 68.7 Å². The fourth-order valence-corrected chi connectivity index (χ4v) is 3.93. The SMILES string of the molecule is CCc1ccc(Br)cc1C(O)c1ccc2c(c1)C1(C2)OCCO1. The molecule has 1 aliphatic heterocycles. The van der Waals surface area contributed by atoms with Gasteiger partial charge in [0.25, 0.3) is 0 Å². The van der Waals surface area contributed by atoms with Crippen molar-refractivity contribution in [2.75, 3.05) is 13.2 Å². The lowest BCUT2D eigenvalue weighted by Crippen LogP contribution is -2.40. The van der Waals surface area contributed by atoms with E-state index in [0.29, 0.717) is 13.2 Å². The molecular formula is C19H19BrO3. The highest BCUT2D eigenvalue weighted by atomic mass is 79.9. The minimum atomic E-state index is -0.646. The van der Waals surface area contributed by atoms with Crippen molar-refractivity contribution < 1.29 is 14.6 Å². The van der Waals surface area contributed by atoms with Gasteiger partial charge in [0.2, 0.25) is 0 Å². The maximum Gasteiger partial charge on any atom is 0.199 e. The van der Waals surface area contributed by atoms with Crippen LogP contribution in [-0.4, -0.2) is 18.3 Å². The minimum absolute atomic E-state index is 0.560. The van der Waals surface area contributed by atoms with Gasteiger partial charge in [-0.15, -0.1) is 0 Å². The Morgan fingerprint density at radius 1 is 1.17 bits per heavy atom. The monoisotopic (exact) mass is 374 g/mol. The smallest absolute Gasteiger partial charge is 0.199 e. The lowest BCUT2D eigenvalue weighted by molar-refractivity contribution is -0.182. The Balaban J connectivity index is 1.72. The van der Waals surface area contributed by atoms with Crippen LogP contribution in [0.5, 0.6) is 0 Å². The second-order valence-electron chi connectivity index (χ2n) is 6.14. The molecular weight excluding hydrogens is 356 g/mol. The molecule has 23 heavy (non-hydrogen) atoms. The van der Waals surface area contributed by atoms with Crippen LogP contribution in [0.25, 0.3) is 0 Å². The average molecular weight is 375 g/mol. The van der Waals surface area contributed by atoms with Gasteiger partial charge in [0.05, 0.1) is 13.2 Å². The highest BCUT2D eigenvalue weighted by molar-refractivity contribution is 9.10. The summed E-state index contributed by atoms with van der Waals surface area (Å²) in [6, 6.07) is 12.2. The molecule has 4 heteroatoms. The predicted octanol–water partition coefficient (Wildman–Crippen LogP) is 3.85. The van der Waals surface area contributed by atoms with Gasteiger partial charge in [-0.25, -0.2) is 0 Å². The van der Waals surface area contributed by atoms with E-state index >= 15 is 0 Å². The van der Waals surface area contributed by atoms with Crippen LogP contribution in [0.2, 0.25) is 0 Å². The predicted molar refractivity (Wildman–Crippen MR) is 91.3 cm³/mol. The number of aliphatic hydroxyl groups excluding tert-OH is 1.